The molecule has 128 valence electrons. The molecular formula is C22H23ClN2. The maximum Gasteiger partial charge on any atom is 0.135 e. The Labute approximate surface area is 155 Å². The van der Waals surface area contributed by atoms with Crippen molar-refractivity contribution in [2.24, 2.45) is 15.4 Å². The molecule has 0 saturated carbocycles. The van der Waals surface area contributed by atoms with Crippen LogP contribution in [0.5, 0.6) is 0 Å². The highest BCUT2D eigenvalue weighted by Crippen LogP contribution is 2.38. The number of amidine groups is 1. The van der Waals surface area contributed by atoms with Crippen molar-refractivity contribution >= 4 is 34.4 Å². The molecule has 0 fully saturated rings. The van der Waals surface area contributed by atoms with E-state index in [1.54, 1.807) is 0 Å². The van der Waals surface area contributed by atoms with Crippen LogP contribution in [0.2, 0.25) is 5.02 Å². The van der Waals surface area contributed by atoms with Crippen molar-refractivity contribution in [1.29, 1.82) is 0 Å². The molecule has 3 rings (SSSR count). The van der Waals surface area contributed by atoms with Gasteiger partial charge in [-0.15, -0.1) is 0 Å². The van der Waals surface area contributed by atoms with Gasteiger partial charge in [-0.25, -0.2) is 9.98 Å². The van der Waals surface area contributed by atoms with Gasteiger partial charge in [-0.1, -0.05) is 68.3 Å². The maximum absolute atomic E-state index is 6.31. The van der Waals surface area contributed by atoms with E-state index in [0.717, 1.165) is 33.9 Å². The van der Waals surface area contributed by atoms with Crippen molar-refractivity contribution in [1.82, 2.24) is 0 Å². The fraction of sp³-hybridized carbons (Fsp3) is 0.273. The van der Waals surface area contributed by atoms with Crippen LogP contribution in [0.15, 0.2) is 64.1 Å². The molecule has 0 amide bonds. The summed E-state index contributed by atoms with van der Waals surface area (Å²) in [6.45, 7) is 10.6. The smallest absolute Gasteiger partial charge is 0.135 e. The molecule has 0 bridgehead atoms. The lowest BCUT2D eigenvalue weighted by molar-refractivity contribution is 0.586. The lowest BCUT2D eigenvalue weighted by atomic mass is 9.91. The molecule has 2 aromatic carbocycles. The second-order valence-corrected chi connectivity index (χ2v) is 7.98. The summed E-state index contributed by atoms with van der Waals surface area (Å²) in [6.07, 6.45) is 0. The van der Waals surface area contributed by atoms with Crippen molar-refractivity contribution < 1.29 is 0 Å². The van der Waals surface area contributed by atoms with Crippen LogP contribution in [0, 0.1) is 5.41 Å². The van der Waals surface area contributed by atoms with E-state index in [0.29, 0.717) is 5.02 Å². The van der Waals surface area contributed by atoms with Crippen LogP contribution in [0.3, 0.4) is 0 Å². The molecule has 0 aliphatic carbocycles. The number of fused-ring (bicyclic) bond motifs is 1. The van der Waals surface area contributed by atoms with Crippen LogP contribution in [0.1, 0.15) is 45.7 Å². The van der Waals surface area contributed by atoms with Gasteiger partial charge in [-0.05, 0) is 32.0 Å². The van der Waals surface area contributed by atoms with Gasteiger partial charge >= 0.3 is 0 Å². The summed E-state index contributed by atoms with van der Waals surface area (Å²) in [5.41, 5.74) is 6.13. The van der Waals surface area contributed by atoms with E-state index in [1.165, 1.54) is 5.57 Å². The lowest BCUT2D eigenvalue weighted by Crippen LogP contribution is -2.20. The van der Waals surface area contributed by atoms with Crippen molar-refractivity contribution in [3.63, 3.8) is 0 Å². The van der Waals surface area contributed by atoms with Crippen LogP contribution in [0.25, 0.3) is 5.57 Å². The zero-order valence-electron chi connectivity index (χ0n) is 15.4. The summed E-state index contributed by atoms with van der Waals surface area (Å²) in [7, 11) is 0. The minimum absolute atomic E-state index is 0.159. The Balaban J connectivity index is 2.38. The normalized spacial score (nSPS) is 14.4. The number of halogens is 1. The SMILES string of the molecule is CC(C)=C1C(c2ccccc2)=NC(C(C)(C)C)=Nc2ccc(Cl)cc21. The molecule has 0 aromatic heterocycles. The Hall–Kier alpha value is -2.19. The van der Waals surface area contributed by atoms with Crippen molar-refractivity contribution in [3.8, 4) is 0 Å². The predicted molar refractivity (Wildman–Crippen MR) is 109 cm³/mol. The molecule has 0 radical (unpaired) electrons. The van der Waals surface area contributed by atoms with Crippen LogP contribution < -0.4 is 0 Å². The molecule has 0 spiro atoms. The molecule has 0 atom stereocenters. The fourth-order valence-corrected chi connectivity index (χ4v) is 3.05. The monoisotopic (exact) mass is 350 g/mol. The maximum atomic E-state index is 6.31. The molecule has 1 aliphatic rings. The molecule has 2 nitrogen and oxygen atoms in total. The summed E-state index contributed by atoms with van der Waals surface area (Å²) in [5.74, 6) is 0.825. The molecule has 25 heavy (non-hydrogen) atoms. The second-order valence-electron chi connectivity index (χ2n) is 7.55. The average Bonchev–Trinajstić information content (AvgIpc) is 2.72. The lowest BCUT2D eigenvalue weighted by Gasteiger charge is -2.18. The van der Waals surface area contributed by atoms with E-state index < -0.39 is 0 Å². The highest BCUT2D eigenvalue weighted by Gasteiger charge is 2.26. The number of aliphatic imine (C=N–C) groups is 2. The Bertz CT molecular complexity index is 893. The summed E-state index contributed by atoms with van der Waals surface area (Å²) < 4.78 is 0. The summed E-state index contributed by atoms with van der Waals surface area (Å²) in [6, 6.07) is 16.2. The number of rotatable bonds is 1. The number of hydrogen-bond donors (Lipinski definition) is 0. The molecule has 3 heteroatoms. The van der Waals surface area contributed by atoms with Gasteiger partial charge in [0.1, 0.15) is 5.84 Å². The van der Waals surface area contributed by atoms with E-state index in [2.05, 4.69) is 46.8 Å². The zero-order chi connectivity index (χ0) is 18.2. The molecule has 0 saturated heterocycles. The van der Waals surface area contributed by atoms with E-state index in [-0.39, 0.29) is 5.41 Å². The first-order chi connectivity index (χ1) is 11.8. The van der Waals surface area contributed by atoms with Crippen molar-refractivity contribution in [2.75, 3.05) is 0 Å². The van der Waals surface area contributed by atoms with Gasteiger partial charge in [0.2, 0.25) is 0 Å². The first kappa shape index (κ1) is 17.6. The van der Waals surface area contributed by atoms with Gasteiger partial charge in [0, 0.05) is 27.1 Å². The van der Waals surface area contributed by atoms with Gasteiger partial charge in [0.25, 0.3) is 0 Å². The molecule has 0 unspecified atom stereocenters. The molecule has 2 aromatic rings. The van der Waals surface area contributed by atoms with Crippen LogP contribution in [-0.2, 0) is 0 Å². The Morgan fingerprint density at radius 3 is 2.20 bits per heavy atom. The zero-order valence-corrected chi connectivity index (χ0v) is 16.1. The van der Waals surface area contributed by atoms with Crippen molar-refractivity contribution in [3.05, 3.63) is 70.3 Å². The minimum atomic E-state index is -0.159. The molecule has 1 heterocycles. The highest BCUT2D eigenvalue weighted by atomic mass is 35.5. The van der Waals surface area contributed by atoms with Gasteiger partial charge in [0.15, 0.2) is 0 Å². The summed E-state index contributed by atoms with van der Waals surface area (Å²) >= 11 is 6.31. The predicted octanol–water partition coefficient (Wildman–Crippen LogP) is 6.71. The quantitative estimate of drug-likeness (QED) is 0.545. The third kappa shape index (κ3) is 3.59. The first-order valence-corrected chi connectivity index (χ1v) is 8.86. The average molecular weight is 351 g/mol. The van der Waals surface area contributed by atoms with E-state index in [1.807, 2.05) is 36.4 Å². The molecular weight excluding hydrogens is 328 g/mol. The summed E-state index contributed by atoms with van der Waals surface area (Å²) in [5, 5.41) is 0.708. The molecule has 0 N–H and O–H groups in total. The topological polar surface area (TPSA) is 24.7 Å². The van der Waals surface area contributed by atoms with Crippen LogP contribution in [0.4, 0.5) is 5.69 Å². The summed E-state index contributed by atoms with van der Waals surface area (Å²) in [4.78, 5) is 9.93. The third-order valence-electron chi connectivity index (χ3n) is 4.13. The van der Waals surface area contributed by atoms with Crippen LogP contribution >= 0.6 is 11.6 Å². The Morgan fingerprint density at radius 1 is 0.920 bits per heavy atom. The van der Waals surface area contributed by atoms with Crippen LogP contribution in [-0.4, -0.2) is 11.5 Å². The second kappa shape index (κ2) is 6.61. The van der Waals surface area contributed by atoms with Crippen molar-refractivity contribution in [2.45, 2.75) is 34.6 Å². The van der Waals surface area contributed by atoms with E-state index in [9.17, 15) is 0 Å². The number of benzene rings is 2. The Morgan fingerprint density at radius 2 is 1.60 bits per heavy atom. The first-order valence-electron chi connectivity index (χ1n) is 8.48. The van der Waals surface area contributed by atoms with Gasteiger partial charge in [-0.2, -0.15) is 0 Å². The third-order valence-corrected chi connectivity index (χ3v) is 4.36. The largest absolute Gasteiger partial charge is 0.232 e. The number of nitrogens with zero attached hydrogens (tertiary/aromatic N) is 2. The number of hydrogen-bond acceptors (Lipinski definition) is 2. The van der Waals surface area contributed by atoms with Gasteiger partial charge in [0.05, 0.1) is 11.4 Å². The van der Waals surface area contributed by atoms with E-state index >= 15 is 0 Å². The Kier molecular flexibility index (Phi) is 4.66. The standard InChI is InChI=1S/C22H23ClN2/c1-14(2)19-17-13-16(23)11-12-18(17)24-21(22(3,4)5)25-20(19)15-9-7-6-8-10-15/h6-13H,1-5H3. The molecule has 1 aliphatic heterocycles. The van der Waals surface area contributed by atoms with E-state index in [4.69, 9.17) is 21.6 Å². The van der Waals surface area contributed by atoms with Gasteiger partial charge in [-0.3, -0.25) is 0 Å². The minimum Gasteiger partial charge on any atom is -0.232 e. The highest BCUT2D eigenvalue weighted by molar-refractivity contribution is 6.37. The fourth-order valence-electron chi connectivity index (χ4n) is 2.88. The number of allylic oxidation sites excluding steroid dienone is 2. The van der Waals surface area contributed by atoms with Gasteiger partial charge < -0.3 is 0 Å².